The first-order chi connectivity index (χ1) is 16.5. The fraction of sp³-hybridized carbons (Fsp3) is 0.269. The second-order valence-electron chi connectivity index (χ2n) is 8.43. The SMILES string of the molecule is COc1ccc(-c2cc(C(=O)N3CCN(Cc4ccc(F)cc4)CC3)c3c(C)noc3n2)cc1. The Labute approximate surface area is 196 Å². The maximum absolute atomic E-state index is 13.6. The molecular weight excluding hydrogens is 435 g/mol. The van der Waals surface area contributed by atoms with Crippen LogP contribution in [0.5, 0.6) is 5.75 Å². The third kappa shape index (κ3) is 4.36. The summed E-state index contributed by atoms with van der Waals surface area (Å²) in [6.07, 6.45) is 0. The molecule has 0 atom stereocenters. The molecule has 1 aliphatic rings. The number of piperazine rings is 1. The molecule has 174 valence electrons. The van der Waals surface area contributed by atoms with Crippen LogP contribution < -0.4 is 4.74 Å². The number of ether oxygens (including phenoxy) is 1. The molecule has 0 N–H and O–H groups in total. The molecule has 2 aromatic carbocycles. The highest BCUT2D eigenvalue weighted by Gasteiger charge is 2.26. The molecular formula is C26H25FN4O3. The van der Waals surface area contributed by atoms with Gasteiger partial charge >= 0.3 is 0 Å². The molecule has 0 saturated carbocycles. The summed E-state index contributed by atoms with van der Waals surface area (Å²) in [6, 6.07) is 15.9. The van der Waals surface area contributed by atoms with E-state index in [1.165, 1.54) is 12.1 Å². The average Bonchev–Trinajstić information content (AvgIpc) is 3.25. The maximum atomic E-state index is 13.6. The molecule has 3 heterocycles. The molecule has 0 aliphatic carbocycles. The number of pyridine rings is 1. The number of rotatable bonds is 5. The predicted octanol–water partition coefficient (Wildman–Crippen LogP) is 4.30. The summed E-state index contributed by atoms with van der Waals surface area (Å²) >= 11 is 0. The van der Waals surface area contributed by atoms with Crippen LogP contribution in [0.3, 0.4) is 0 Å². The van der Waals surface area contributed by atoms with Gasteiger partial charge in [-0.2, -0.15) is 0 Å². The number of amides is 1. The highest BCUT2D eigenvalue weighted by molar-refractivity contribution is 6.07. The van der Waals surface area contributed by atoms with Gasteiger partial charge in [0.15, 0.2) is 0 Å². The molecule has 34 heavy (non-hydrogen) atoms. The normalized spacial score (nSPS) is 14.5. The first kappa shape index (κ1) is 22.0. The summed E-state index contributed by atoms with van der Waals surface area (Å²) in [5.74, 6) is 0.450. The molecule has 7 nitrogen and oxygen atoms in total. The van der Waals surface area contributed by atoms with Crippen LogP contribution >= 0.6 is 0 Å². The molecule has 1 fully saturated rings. The first-order valence-corrected chi connectivity index (χ1v) is 11.2. The number of fused-ring (bicyclic) bond motifs is 1. The van der Waals surface area contributed by atoms with E-state index in [0.717, 1.165) is 36.5 Å². The molecule has 1 aliphatic heterocycles. The van der Waals surface area contributed by atoms with E-state index in [1.54, 1.807) is 19.2 Å². The second kappa shape index (κ2) is 9.23. The Hall–Kier alpha value is -3.78. The molecule has 0 unspecified atom stereocenters. The van der Waals surface area contributed by atoms with E-state index in [0.29, 0.717) is 41.1 Å². The van der Waals surface area contributed by atoms with Crippen molar-refractivity contribution in [2.45, 2.75) is 13.5 Å². The van der Waals surface area contributed by atoms with Crippen molar-refractivity contribution in [3.63, 3.8) is 0 Å². The van der Waals surface area contributed by atoms with Gasteiger partial charge in [-0.1, -0.05) is 17.3 Å². The van der Waals surface area contributed by atoms with Crippen molar-refractivity contribution < 1.29 is 18.4 Å². The highest BCUT2D eigenvalue weighted by atomic mass is 19.1. The van der Waals surface area contributed by atoms with Gasteiger partial charge in [0.2, 0.25) is 0 Å². The van der Waals surface area contributed by atoms with Gasteiger partial charge in [-0.05, 0) is 55.0 Å². The van der Waals surface area contributed by atoms with Gasteiger partial charge in [-0.15, -0.1) is 0 Å². The van der Waals surface area contributed by atoms with Crippen LogP contribution in [-0.4, -0.2) is 59.1 Å². The van der Waals surface area contributed by atoms with Crippen LogP contribution in [-0.2, 0) is 6.54 Å². The van der Waals surface area contributed by atoms with Crippen molar-refractivity contribution >= 4 is 17.0 Å². The number of hydrogen-bond donors (Lipinski definition) is 0. The van der Waals surface area contributed by atoms with Crippen molar-refractivity contribution in [3.8, 4) is 17.0 Å². The average molecular weight is 461 g/mol. The number of hydrogen-bond acceptors (Lipinski definition) is 6. The smallest absolute Gasteiger partial charge is 0.259 e. The summed E-state index contributed by atoms with van der Waals surface area (Å²) in [7, 11) is 1.62. The topological polar surface area (TPSA) is 71.7 Å². The van der Waals surface area contributed by atoms with Crippen molar-refractivity contribution in [2.75, 3.05) is 33.3 Å². The predicted molar refractivity (Wildman–Crippen MR) is 126 cm³/mol. The lowest BCUT2D eigenvalue weighted by Gasteiger charge is -2.35. The number of methoxy groups -OCH3 is 1. The molecule has 0 spiro atoms. The molecule has 0 bridgehead atoms. The minimum atomic E-state index is -0.235. The quantitative estimate of drug-likeness (QED) is 0.442. The fourth-order valence-electron chi connectivity index (χ4n) is 4.30. The number of halogens is 1. The minimum absolute atomic E-state index is 0.0603. The summed E-state index contributed by atoms with van der Waals surface area (Å²) in [6.45, 7) is 5.24. The Bertz CT molecular complexity index is 1310. The van der Waals surface area contributed by atoms with Crippen molar-refractivity contribution in [2.24, 2.45) is 0 Å². The zero-order valence-electron chi connectivity index (χ0n) is 19.1. The number of nitrogens with zero attached hydrogens (tertiary/aromatic N) is 4. The Morgan fingerprint density at radius 1 is 1.06 bits per heavy atom. The third-order valence-corrected chi connectivity index (χ3v) is 6.21. The number of aryl methyl sites for hydroxylation is 1. The van der Waals surface area contributed by atoms with Gasteiger partial charge < -0.3 is 14.2 Å². The molecule has 5 rings (SSSR count). The van der Waals surface area contributed by atoms with E-state index in [9.17, 15) is 9.18 Å². The van der Waals surface area contributed by atoms with E-state index in [-0.39, 0.29) is 11.7 Å². The molecule has 2 aromatic heterocycles. The minimum Gasteiger partial charge on any atom is -0.497 e. The van der Waals surface area contributed by atoms with Crippen molar-refractivity contribution in [3.05, 3.63) is 77.2 Å². The number of carbonyl (C=O) groups is 1. The monoisotopic (exact) mass is 460 g/mol. The lowest BCUT2D eigenvalue weighted by molar-refractivity contribution is 0.0630. The van der Waals surface area contributed by atoms with Gasteiger partial charge in [-0.3, -0.25) is 9.69 Å². The van der Waals surface area contributed by atoms with E-state index in [1.807, 2.05) is 42.2 Å². The first-order valence-electron chi connectivity index (χ1n) is 11.2. The third-order valence-electron chi connectivity index (χ3n) is 6.21. The Morgan fingerprint density at radius 2 is 1.76 bits per heavy atom. The van der Waals surface area contributed by atoms with E-state index in [4.69, 9.17) is 9.26 Å². The van der Waals surface area contributed by atoms with Gasteiger partial charge in [-0.25, -0.2) is 9.37 Å². The van der Waals surface area contributed by atoms with Gasteiger partial charge in [0.1, 0.15) is 11.6 Å². The largest absolute Gasteiger partial charge is 0.497 e. The Morgan fingerprint density at radius 3 is 2.44 bits per heavy atom. The second-order valence-corrected chi connectivity index (χ2v) is 8.43. The zero-order chi connectivity index (χ0) is 23.7. The summed E-state index contributed by atoms with van der Waals surface area (Å²) in [4.78, 5) is 22.3. The Kier molecular flexibility index (Phi) is 5.98. The van der Waals surface area contributed by atoms with E-state index < -0.39 is 0 Å². The molecule has 1 saturated heterocycles. The van der Waals surface area contributed by atoms with E-state index in [2.05, 4.69) is 15.0 Å². The fourth-order valence-corrected chi connectivity index (χ4v) is 4.30. The molecule has 8 heteroatoms. The summed E-state index contributed by atoms with van der Waals surface area (Å²) < 4.78 is 23.8. The summed E-state index contributed by atoms with van der Waals surface area (Å²) in [5.41, 5.74) is 4.09. The van der Waals surface area contributed by atoms with Crippen LogP contribution in [0, 0.1) is 12.7 Å². The number of aromatic nitrogens is 2. The van der Waals surface area contributed by atoms with Gasteiger partial charge in [0.05, 0.1) is 29.4 Å². The van der Waals surface area contributed by atoms with Crippen molar-refractivity contribution in [1.29, 1.82) is 0 Å². The van der Waals surface area contributed by atoms with Crippen LogP contribution in [0.4, 0.5) is 4.39 Å². The molecule has 0 radical (unpaired) electrons. The van der Waals surface area contributed by atoms with Crippen LogP contribution in [0.15, 0.2) is 59.1 Å². The zero-order valence-corrected chi connectivity index (χ0v) is 19.1. The van der Waals surface area contributed by atoms with Crippen molar-refractivity contribution in [1.82, 2.24) is 19.9 Å². The Balaban J connectivity index is 1.37. The standard InChI is InChI=1S/C26H25FN4O3/c1-17-24-22(15-23(28-25(24)34-29-17)19-5-9-21(33-2)10-6-19)26(32)31-13-11-30(12-14-31)16-18-3-7-20(27)8-4-18/h3-10,15H,11-14,16H2,1-2H3. The van der Waals surface area contributed by atoms with Crippen LogP contribution in [0.25, 0.3) is 22.4 Å². The summed E-state index contributed by atoms with van der Waals surface area (Å²) in [5, 5.41) is 4.70. The van der Waals surface area contributed by atoms with Gasteiger partial charge in [0.25, 0.3) is 11.6 Å². The van der Waals surface area contributed by atoms with E-state index >= 15 is 0 Å². The number of carbonyl (C=O) groups excluding carboxylic acids is 1. The number of benzene rings is 2. The van der Waals surface area contributed by atoms with Crippen LogP contribution in [0.1, 0.15) is 21.6 Å². The molecule has 1 amide bonds. The van der Waals surface area contributed by atoms with Crippen LogP contribution in [0.2, 0.25) is 0 Å². The maximum Gasteiger partial charge on any atom is 0.259 e. The highest BCUT2D eigenvalue weighted by Crippen LogP contribution is 2.29. The molecule has 4 aromatic rings. The lowest BCUT2D eigenvalue weighted by atomic mass is 10.0. The van der Waals surface area contributed by atoms with Gasteiger partial charge in [0, 0.05) is 38.3 Å². The lowest BCUT2D eigenvalue weighted by Crippen LogP contribution is -2.48.